The van der Waals surface area contributed by atoms with Gasteiger partial charge >= 0.3 is 17.9 Å². The maximum Gasteiger partial charge on any atom is 0.308 e. The first kappa shape index (κ1) is 29.0. The Labute approximate surface area is 151 Å². The molecule has 4 unspecified atom stereocenters. The van der Waals surface area contributed by atoms with E-state index in [9.17, 15) is 14.4 Å². The lowest BCUT2D eigenvalue weighted by Gasteiger charge is -2.08. The van der Waals surface area contributed by atoms with Gasteiger partial charge in [0.2, 0.25) is 0 Å². The van der Waals surface area contributed by atoms with Crippen molar-refractivity contribution in [3.8, 4) is 0 Å². The minimum Gasteiger partial charge on any atom is -0.481 e. The lowest BCUT2D eigenvalue weighted by Crippen LogP contribution is -2.23. The molecule has 0 aromatic carbocycles. The minimum absolute atomic E-state index is 0.0991. The average molecular weight is 386 g/mol. The Kier molecular flexibility index (Phi) is 20.1. The molecule has 0 saturated heterocycles. The lowest BCUT2D eigenvalue weighted by atomic mass is 10.3. The van der Waals surface area contributed by atoms with Crippen LogP contribution in [0.25, 0.3) is 0 Å². The molecule has 0 aromatic heterocycles. The van der Waals surface area contributed by atoms with Crippen molar-refractivity contribution < 1.29 is 54.9 Å². The topological polar surface area (TPSA) is 202 Å². The fourth-order valence-electron chi connectivity index (χ4n) is 1.05. The van der Waals surface area contributed by atoms with Crippen LogP contribution < -0.4 is 0 Å². The van der Waals surface area contributed by atoms with Crippen LogP contribution in [-0.4, -0.2) is 91.3 Å². The largest absolute Gasteiger partial charge is 0.481 e. The van der Waals surface area contributed by atoms with Crippen molar-refractivity contribution in [2.24, 2.45) is 0 Å². The zero-order valence-electron chi connectivity index (χ0n) is 15.1. The van der Waals surface area contributed by atoms with E-state index in [0.29, 0.717) is 0 Å². The Morgan fingerprint density at radius 3 is 1.31 bits per heavy atom. The number of hydrogen-bond donors (Lipinski definition) is 7. The van der Waals surface area contributed by atoms with Gasteiger partial charge in [0, 0.05) is 0 Å². The number of aliphatic hydroxyl groups excluding tert-OH is 5. The van der Waals surface area contributed by atoms with E-state index in [1.807, 2.05) is 0 Å². The third kappa shape index (κ3) is 33.7. The summed E-state index contributed by atoms with van der Waals surface area (Å²) in [5, 5.41) is 58.4. The second-order valence-electron chi connectivity index (χ2n) is 5.47. The molecule has 0 aromatic rings. The van der Waals surface area contributed by atoms with E-state index in [1.54, 1.807) is 0 Å². The summed E-state index contributed by atoms with van der Waals surface area (Å²) in [7, 11) is 0. The van der Waals surface area contributed by atoms with Gasteiger partial charge in [0.05, 0.1) is 44.2 Å². The van der Waals surface area contributed by atoms with E-state index in [0.717, 1.165) is 0 Å². The Hall–Kier alpha value is -1.79. The standard InChI is InChI=1S/C7H14O5.2C4H8O3/c1-5(9)2-7(11)12-4-6(10)3-8;2*1-3(5)2-4(6)7/h5-6,8-10H,2-4H2,1H3;2*3,5H,2H2,1H3,(H,6,7). The Balaban J connectivity index is -0.000000326. The third-order valence-corrected chi connectivity index (χ3v) is 2.05. The number of aliphatic carboxylic acids is 2. The van der Waals surface area contributed by atoms with Gasteiger partial charge in [-0.25, -0.2) is 0 Å². The molecular formula is C15H30O11. The molecule has 0 radical (unpaired) electrons. The number of carbonyl (C=O) groups is 3. The normalized spacial score (nSPS) is 14.3. The quantitative estimate of drug-likeness (QED) is 0.223. The van der Waals surface area contributed by atoms with Gasteiger partial charge in [-0.15, -0.1) is 0 Å². The van der Waals surface area contributed by atoms with Gasteiger partial charge in [0.25, 0.3) is 0 Å². The highest BCUT2D eigenvalue weighted by Crippen LogP contribution is 1.94. The van der Waals surface area contributed by atoms with Crippen LogP contribution in [0.2, 0.25) is 0 Å². The van der Waals surface area contributed by atoms with Crippen molar-refractivity contribution in [1.82, 2.24) is 0 Å². The summed E-state index contributed by atoms with van der Waals surface area (Å²) in [6.07, 6.45) is -3.67. The zero-order valence-corrected chi connectivity index (χ0v) is 15.1. The van der Waals surface area contributed by atoms with Crippen LogP contribution in [0.4, 0.5) is 0 Å². The maximum absolute atomic E-state index is 10.7. The van der Waals surface area contributed by atoms with Crippen molar-refractivity contribution >= 4 is 17.9 Å². The Morgan fingerprint density at radius 2 is 1.12 bits per heavy atom. The van der Waals surface area contributed by atoms with Crippen LogP contribution in [0, 0.1) is 0 Å². The van der Waals surface area contributed by atoms with Crippen LogP contribution in [0.15, 0.2) is 0 Å². The van der Waals surface area contributed by atoms with Crippen LogP contribution in [0.5, 0.6) is 0 Å². The highest BCUT2D eigenvalue weighted by Gasteiger charge is 2.09. The number of carbonyl (C=O) groups excluding carboxylic acids is 1. The van der Waals surface area contributed by atoms with Gasteiger partial charge in [-0.2, -0.15) is 0 Å². The fourth-order valence-corrected chi connectivity index (χ4v) is 1.05. The smallest absolute Gasteiger partial charge is 0.308 e. The molecule has 0 heterocycles. The lowest BCUT2D eigenvalue weighted by molar-refractivity contribution is -0.149. The molecule has 0 aliphatic rings. The molecule has 0 aliphatic carbocycles. The summed E-state index contributed by atoms with van der Waals surface area (Å²) < 4.78 is 4.50. The number of ether oxygens (including phenoxy) is 1. The van der Waals surface area contributed by atoms with Gasteiger partial charge < -0.3 is 40.5 Å². The highest BCUT2D eigenvalue weighted by atomic mass is 16.5. The number of carboxylic acids is 2. The van der Waals surface area contributed by atoms with Crippen molar-refractivity contribution in [3.05, 3.63) is 0 Å². The first-order valence-corrected chi connectivity index (χ1v) is 7.74. The molecular weight excluding hydrogens is 356 g/mol. The molecule has 26 heavy (non-hydrogen) atoms. The number of esters is 1. The second-order valence-corrected chi connectivity index (χ2v) is 5.47. The van der Waals surface area contributed by atoms with E-state index in [1.165, 1.54) is 20.8 Å². The SMILES string of the molecule is CC(O)CC(=O)O.CC(O)CC(=O)O.CC(O)CC(=O)OCC(O)CO. The number of aliphatic hydroxyl groups is 5. The molecule has 0 bridgehead atoms. The summed E-state index contributed by atoms with van der Waals surface area (Å²) in [5.74, 6) is -2.51. The van der Waals surface area contributed by atoms with E-state index < -0.39 is 48.9 Å². The van der Waals surface area contributed by atoms with Gasteiger partial charge in [-0.3, -0.25) is 14.4 Å². The monoisotopic (exact) mass is 386 g/mol. The molecule has 11 nitrogen and oxygen atoms in total. The molecule has 4 atom stereocenters. The number of carboxylic acid groups (broad SMARTS) is 2. The molecule has 0 rings (SSSR count). The molecule has 7 N–H and O–H groups in total. The van der Waals surface area contributed by atoms with Gasteiger partial charge in [0.15, 0.2) is 0 Å². The van der Waals surface area contributed by atoms with Crippen molar-refractivity contribution in [3.63, 3.8) is 0 Å². The molecule has 0 saturated carbocycles. The first-order valence-electron chi connectivity index (χ1n) is 7.74. The fraction of sp³-hybridized carbons (Fsp3) is 0.800. The number of rotatable bonds is 9. The van der Waals surface area contributed by atoms with Crippen LogP contribution >= 0.6 is 0 Å². The van der Waals surface area contributed by atoms with E-state index in [4.69, 9.17) is 35.7 Å². The third-order valence-electron chi connectivity index (χ3n) is 2.05. The van der Waals surface area contributed by atoms with Crippen molar-refractivity contribution in [2.45, 2.75) is 64.4 Å². The van der Waals surface area contributed by atoms with E-state index in [2.05, 4.69) is 4.74 Å². The van der Waals surface area contributed by atoms with Gasteiger partial charge in [-0.05, 0) is 20.8 Å². The van der Waals surface area contributed by atoms with Crippen LogP contribution in [-0.2, 0) is 19.1 Å². The Morgan fingerprint density at radius 1 is 0.769 bits per heavy atom. The molecule has 156 valence electrons. The average Bonchev–Trinajstić information content (AvgIpc) is 2.42. The molecule has 0 aliphatic heterocycles. The summed E-state index contributed by atoms with van der Waals surface area (Å²) in [5.41, 5.74) is 0. The van der Waals surface area contributed by atoms with Crippen LogP contribution in [0.3, 0.4) is 0 Å². The molecule has 11 heteroatoms. The van der Waals surface area contributed by atoms with E-state index >= 15 is 0 Å². The number of hydrogen-bond acceptors (Lipinski definition) is 9. The second kappa shape index (κ2) is 18.0. The van der Waals surface area contributed by atoms with Crippen molar-refractivity contribution in [1.29, 1.82) is 0 Å². The van der Waals surface area contributed by atoms with Gasteiger partial charge in [-0.1, -0.05) is 0 Å². The van der Waals surface area contributed by atoms with E-state index in [-0.39, 0.29) is 25.9 Å². The molecule has 0 spiro atoms. The predicted octanol–water partition coefficient (Wildman–Crippen LogP) is -1.66. The highest BCUT2D eigenvalue weighted by molar-refractivity contribution is 5.69. The van der Waals surface area contributed by atoms with Gasteiger partial charge in [0.1, 0.15) is 12.7 Å². The predicted molar refractivity (Wildman–Crippen MR) is 88.2 cm³/mol. The van der Waals surface area contributed by atoms with Crippen molar-refractivity contribution in [2.75, 3.05) is 13.2 Å². The summed E-state index contributed by atoms with van der Waals surface area (Å²) in [6, 6.07) is 0. The minimum atomic E-state index is -1.04. The first-order chi connectivity index (χ1) is 11.8. The van der Waals surface area contributed by atoms with Crippen LogP contribution in [0.1, 0.15) is 40.0 Å². The summed E-state index contributed by atoms with van der Waals surface area (Å²) in [6.45, 7) is 3.66. The summed E-state index contributed by atoms with van der Waals surface area (Å²) >= 11 is 0. The molecule has 0 fully saturated rings. The summed E-state index contributed by atoms with van der Waals surface area (Å²) in [4.78, 5) is 30.0. The Bertz CT molecular complexity index is 360. The molecule has 0 amide bonds. The maximum atomic E-state index is 10.7. The zero-order chi connectivity index (χ0) is 21.3.